The molecule has 0 radical (unpaired) electrons. The minimum Gasteiger partial charge on any atom is -0.490 e. The standard InChI is InChI=1S/C17H23ClO/c1-12(2)13-6-5-7-14(10-13)19-16-11-15(18)17(16)8-3-4-9-17/h5-7,10,12,15-16H,3-4,8-9,11H2,1-2H3. The molecule has 1 spiro atoms. The Kier molecular flexibility index (Phi) is 3.51. The molecule has 2 saturated carbocycles. The van der Waals surface area contributed by atoms with E-state index in [1.165, 1.54) is 31.2 Å². The zero-order valence-electron chi connectivity index (χ0n) is 11.9. The maximum atomic E-state index is 6.47. The van der Waals surface area contributed by atoms with Crippen LogP contribution in [0.2, 0.25) is 0 Å². The molecule has 0 saturated heterocycles. The molecule has 0 heterocycles. The second-order valence-corrected chi connectivity index (χ2v) is 7.00. The van der Waals surface area contributed by atoms with Crippen molar-refractivity contribution in [2.45, 2.75) is 63.4 Å². The summed E-state index contributed by atoms with van der Waals surface area (Å²) in [6, 6.07) is 8.54. The summed E-state index contributed by atoms with van der Waals surface area (Å²) in [5.74, 6) is 1.57. The van der Waals surface area contributed by atoms with E-state index in [0.29, 0.717) is 17.4 Å². The van der Waals surface area contributed by atoms with Gasteiger partial charge < -0.3 is 4.74 Å². The largest absolute Gasteiger partial charge is 0.490 e. The first-order valence-electron chi connectivity index (χ1n) is 7.52. The van der Waals surface area contributed by atoms with Crippen molar-refractivity contribution in [3.05, 3.63) is 29.8 Å². The third kappa shape index (κ3) is 2.27. The number of benzene rings is 1. The van der Waals surface area contributed by atoms with Crippen molar-refractivity contribution in [3.63, 3.8) is 0 Å². The Balaban J connectivity index is 1.73. The van der Waals surface area contributed by atoms with Crippen LogP contribution in [0.4, 0.5) is 0 Å². The lowest BCUT2D eigenvalue weighted by Gasteiger charge is -2.51. The lowest BCUT2D eigenvalue weighted by atomic mass is 9.64. The molecule has 2 aliphatic rings. The number of halogens is 1. The Bertz CT molecular complexity index is 448. The van der Waals surface area contributed by atoms with Crippen molar-refractivity contribution >= 4 is 11.6 Å². The smallest absolute Gasteiger partial charge is 0.120 e. The average Bonchev–Trinajstić information content (AvgIpc) is 2.91. The van der Waals surface area contributed by atoms with Gasteiger partial charge in [-0.2, -0.15) is 0 Å². The van der Waals surface area contributed by atoms with E-state index in [2.05, 4.69) is 38.1 Å². The van der Waals surface area contributed by atoms with Crippen LogP contribution in [0.1, 0.15) is 57.4 Å². The predicted molar refractivity (Wildman–Crippen MR) is 80.1 cm³/mol. The molecule has 0 aliphatic heterocycles. The number of rotatable bonds is 3. The number of hydrogen-bond donors (Lipinski definition) is 0. The van der Waals surface area contributed by atoms with Gasteiger partial charge in [0.2, 0.25) is 0 Å². The predicted octanol–water partition coefficient (Wildman–Crippen LogP) is 5.13. The van der Waals surface area contributed by atoms with Gasteiger partial charge in [0.1, 0.15) is 11.9 Å². The fourth-order valence-electron chi connectivity index (χ4n) is 3.64. The zero-order valence-corrected chi connectivity index (χ0v) is 12.6. The minimum atomic E-state index is 0.273. The second-order valence-electron chi connectivity index (χ2n) is 6.48. The molecular formula is C17H23ClO. The second kappa shape index (κ2) is 5.01. The van der Waals surface area contributed by atoms with Gasteiger partial charge in [0.15, 0.2) is 0 Å². The van der Waals surface area contributed by atoms with Crippen LogP contribution in [-0.4, -0.2) is 11.5 Å². The third-order valence-electron chi connectivity index (χ3n) is 5.02. The van der Waals surface area contributed by atoms with Crippen molar-refractivity contribution < 1.29 is 4.74 Å². The fraction of sp³-hybridized carbons (Fsp3) is 0.647. The molecule has 104 valence electrons. The molecule has 2 fully saturated rings. The van der Waals surface area contributed by atoms with Crippen molar-refractivity contribution in [1.82, 2.24) is 0 Å². The topological polar surface area (TPSA) is 9.23 Å². The summed E-state index contributed by atoms with van der Waals surface area (Å²) < 4.78 is 6.26. The van der Waals surface area contributed by atoms with E-state index in [4.69, 9.17) is 16.3 Å². The normalized spacial score (nSPS) is 28.6. The average molecular weight is 279 g/mol. The van der Waals surface area contributed by atoms with E-state index >= 15 is 0 Å². The van der Waals surface area contributed by atoms with Gasteiger partial charge in [0, 0.05) is 17.2 Å². The maximum Gasteiger partial charge on any atom is 0.120 e. The summed E-state index contributed by atoms with van der Waals surface area (Å²) in [7, 11) is 0. The molecule has 2 unspecified atom stereocenters. The monoisotopic (exact) mass is 278 g/mol. The Morgan fingerprint density at radius 1 is 1.26 bits per heavy atom. The van der Waals surface area contributed by atoms with Gasteiger partial charge >= 0.3 is 0 Å². The summed E-state index contributed by atoms with van der Waals surface area (Å²) in [6.07, 6.45) is 6.46. The van der Waals surface area contributed by atoms with Crippen LogP contribution in [0.15, 0.2) is 24.3 Å². The summed E-state index contributed by atoms with van der Waals surface area (Å²) in [6.45, 7) is 4.44. The van der Waals surface area contributed by atoms with Crippen molar-refractivity contribution in [2.24, 2.45) is 5.41 Å². The lowest BCUT2D eigenvalue weighted by molar-refractivity contribution is -0.0355. The molecule has 2 heteroatoms. The van der Waals surface area contributed by atoms with Crippen LogP contribution in [0, 0.1) is 5.41 Å². The fourth-order valence-corrected chi connectivity index (χ4v) is 4.16. The van der Waals surface area contributed by atoms with Crippen LogP contribution in [0.5, 0.6) is 5.75 Å². The van der Waals surface area contributed by atoms with Crippen LogP contribution < -0.4 is 4.74 Å². The van der Waals surface area contributed by atoms with Gasteiger partial charge in [-0.05, 0) is 36.5 Å². The van der Waals surface area contributed by atoms with Gasteiger partial charge in [0.25, 0.3) is 0 Å². The van der Waals surface area contributed by atoms with E-state index in [0.717, 1.165) is 12.2 Å². The Morgan fingerprint density at radius 2 is 2.00 bits per heavy atom. The molecule has 0 N–H and O–H groups in total. The number of hydrogen-bond acceptors (Lipinski definition) is 1. The SMILES string of the molecule is CC(C)c1cccc(OC2CC(Cl)C23CCCC3)c1. The molecule has 0 amide bonds. The number of ether oxygens (including phenoxy) is 1. The van der Waals surface area contributed by atoms with E-state index in [9.17, 15) is 0 Å². The molecule has 1 aromatic carbocycles. The van der Waals surface area contributed by atoms with Crippen LogP contribution in [0.3, 0.4) is 0 Å². The maximum absolute atomic E-state index is 6.47. The van der Waals surface area contributed by atoms with E-state index in [1.54, 1.807) is 0 Å². The van der Waals surface area contributed by atoms with E-state index in [-0.39, 0.29) is 5.41 Å². The molecule has 2 aliphatic carbocycles. The van der Waals surface area contributed by atoms with E-state index < -0.39 is 0 Å². The zero-order chi connectivity index (χ0) is 13.5. The van der Waals surface area contributed by atoms with Gasteiger partial charge in [-0.1, -0.05) is 38.8 Å². The van der Waals surface area contributed by atoms with Crippen LogP contribution in [0.25, 0.3) is 0 Å². The molecule has 1 nitrogen and oxygen atoms in total. The molecule has 0 aromatic heterocycles. The highest BCUT2D eigenvalue weighted by Crippen LogP contribution is 2.57. The summed E-state index contributed by atoms with van der Waals surface area (Å²) >= 11 is 6.47. The van der Waals surface area contributed by atoms with Gasteiger partial charge in [-0.25, -0.2) is 0 Å². The summed E-state index contributed by atoms with van der Waals surface area (Å²) in [5.41, 5.74) is 1.62. The molecule has 2 atom stereocenters. The summed E-state index contributed by atoms with van der Waals surface area (Å²) in [4.78, 5) is 0. The highest BCUT2D eigenvalue weighted by Gasteiger charge is 2.56. The molecule has 3 rings (SSSR count). The first-order valence-corrected chi connectivity index (χ1v) is 7.96. The van der Waals surface area contributed by atoms with Gasteiger partial charge in [-0.3, -0.25) is 0 Å². The molecule has 19 heavy (non-hydrogen) atoms. The van der Waals surface area contributed by atoms with Crippen LogP contribution in [-0.2, 0) is 0 Å². The molecule has 0 bridgehead atoms. The molecule has 1 aromatic rings. The first kappa shape index (κ1) is 13.3. The van der Waals surface area contributed by atoms with Crippen molar-refractivity contribution in [3.8, 4) is 5.75 Å². The highest BCUT2D eigenvalue weighted by molar-refractivity contribution is 6.21. The van der Waals surface area contributed by atoms with Crippen molar-refractivity contribution in [1.29, 1.82) is 0 Å². The molecular weight excluding hydrogens is 256 g/mol. The van der Waals surface area contributed by atoms with Gasteiger partial charge in [-0.15, -0.1) is 11.6 Å². The lowest BCUT2D eigenvalue weighted by Crippen LogP contribution is -2.55. The highest BCUT2D eigenvalue weighted by atomic mass is 35.5. The first-order chi connectivity index (χ1) is 9.12. The number of alkyl halides is 1. The third-order valence-corrected chi connectivity index (χ3v) is 5.64. The van der Waals surface area contributed by atoms with Crippen molar-refractivity contribution in [2.75, 3.05) is 0 Å². The minimum absolute atomic E-state index is 0.273. The Labute approximate surface area is 121 Å². The van der Waals surface area contributed by atoms with E-state index in [1.807, 2.05) is 0 Å². The van der Waals surface area contributed by atoms with Gasteiger partial charge in [0.05, 0.1) is 0 Å². The van der Waals surface area contributed by atoms with Crippen LogP contribution >= 0.6 is 11.6 Å². The summed E-state index contributed by atoms with van der Waals surface area (Å²) in [5, 5.41) is 0.327. The Hall–Kier alpha value is -0.690. The Morgan fingerprint density at radius 3 is 2.63 bits per heavy atom. The quantitative estimate of drug-likeness (QED) is 0.697.